The maximum atomic E-state index is 14.4. The lowest BCUT2D eigenvalue weighted by Crippen LogP contribution is -2.58. The molecule has 0 bridgehead atoms. The molecule has 1 aromatic heterocycles. The number of hydrogen-bond acceptors (Lipinski definition) is 6. The van der Waals surface area contributed by atoms with Crippen molar-refractivity contribution in [2.45, 2.75) is 32.4 Å². The first kappa shape index (κ1) is 24.5. The van der Waals surface area contributed by atoms with E-state index in [1.165, 1.54) is 12.3 Å². The van der Waals surface area contributed by atoms with E-state index in [4.69, 9.17) is 4.74 Å². The Kier molecular flexibility index (Phi) is 7.86. The number of aromatic nitrogens is 1. The van der Waals surface area contributed by atoms with Crippen LogP contribution < -0.4 is 10.2 Å². The number of aliphatic imine (C=N–C) groups is 1. The fourth-order valence-electron chi connectivity index (χ4n) is 4.74. The van der Waals surface area contributed by atoms with Crippen molar-refractivity contribution in [3.63, 3.8) is 0 Å². The summed E-state index contributed by atoms with van der Waals surface area (Å²) in [6.07, 6.45) is 11.8. The summed E-state index contributed by atoms with van der Waals surface area (Å²) in [6.45, 7) is 10.4. The van der Waals surface area contributed by atoms with Crippen LogP contribution in [0.4, 0.5) is 10.1 Å². The van der Waals surface area contributed by atoms with Crippen molar-refractivity contribution in [1.29, 1.82) is 5.26 Å². The number of hydrogen-bond donors (Lipinski definition) is 1. The molecule has 0 spiro atoms. The lowest BCUT2D eigenvalue weighted by molar-refractivity contribution is -0.00901. The van der Waals surface area contributed by atoms with Crippen LogP contribution in [0.5, 0.6) is 0 Å². The van der Waals surface area contributed by atoms with Crippen LogP contribution in [0.25, 0.3) is 17.2 Å². The van der Waals surface area contributed by atoms with E-state index in [1.807, 2.05) is 44.5 Å². The van der Waals surface area contributed by atoms with Gasteiger partial charge in [-0.3, -0.25) is 9.98 Å². The van der Waals surface area contributed by atoms with Crippen LogP contribution in [-0.4, -0.2) is 50.1 Å². The molecule has 180 valence electrons. The Hall–Kier alpha value is -3.60. The summed E-state index contributed by atoms with van der Waals surface area (Å²) in [6, 6.07) is 7.52. The molecule has 0 amide bonds. The Morgan fingerprint density at radius 1 is 1.37 bits per heavy atom. The third kappa shape index (κ3) is 5.91. The zero-order chi connectivity index (χ0) is 24.8. The average molecular weight is 472 g/mol. The number of nitriles is 1. The molecule has 2 saturated heterocycles. The van der Waals surface area contributed by atoms with Gasteiger partial charge in [0.15, 0.2) is 0 Å². The number of benzene rings is 1. The summed E-state index contributed by atoms with van der Waals surface area (Å²) < 4.78 is 20.4. The number of halogens is 1. The molecule has 2 aromatic rings. The van der Waals surface area contributed by atoms with Crippen LogP contribution in [0.3, 0.4) is 0 Å². The normalized spacial score (nSPS) is 21.0. The third-order valence-corrected chi connectivity index (χ3v) is 6.28. The van der Waals surface area contributed by atoms with Crippen LogP contribution in [0.1, 0.15) is 24.5 Å². The number of piperidine rings is 1. The van der Waals surface area contributed by atoms with Crippen LogP contribution in [0.2, 0.25) is 0 Å². The zero-order valence-corrected chi connectivity index (χ0v) is 20.2. The monoisotopic (exact) mass is 471 g/mol. The minimum atomic E-state index is -0.268. The van der Waals surface area contributed by atoms with Crippen molar-refractivity contribution < 1.29 is 9.13 Å². The Morgan fingerprint density at radius 3 is 3.00 bits per heavy atom. The molecule has 1 aromatic carbocycles. The first-order valence-electron chi connectivity index (χ1n) is 11.8. The summed E-state index contributed by atoms with van der Waals surface area (Å²) >= 11 is 0. The number of ether oxygens (including phenoxy) is 1. The fourth-order valence-corrected chi connectivity index (χ4v) is 4.74. The quantitative estimate of drug-likeness (QED) is 0.371. The van der Waals surface area contributed by atoms with Crippen LogP contribution in [-0.2, 0) is 4.74 Å². The summed E-state index contributed by atoms with van der Waals surface area (Å²) in [5.41, 5.74) is 5.77. The minimum Gasteiger partial charge on any atom is -0.373 e. The van der Waals surface area contributed by atoms with Gasteiger partial charge in [-0.2, -0.15) is 5.26 Å². The summed E-state index contributed by atoms with van der Waals surface area (Å²) in [5, 5.41) is 12.8. The molecule has 35 heavy (non-hydrogen) atoms. The van der Waals surface area contributed by atoms with Gasteiger partial charge in [-0.1, -0.05) is 18.2 Å². The lowest BCUT2D eigenvalue weighted by Gasteiger charge is -2.43. The predicted octanol–water partition coefficient (Wildman–Crippen LogP) is 4.83. The lowest BCUT2D eigenvalue weighted by atomic mass is 9.95. The van der Waals surface area contributed by atoms with Gasteiger partial charge in [0.25, 0.3) is 0 Å². The average Bonchev–Trinajstić information content (AvgIpc) is 2.86. The van der Waals surface area contributed by atoms with Crippen molar-refractivity contribution in [3.05, 3.63) is 77.0 Å². The van der Waals surface area contributed by atoms with E-state index in [2.05, 4.69) is 33.0 Å². The molecule has 0 aliphatic carbocycles. The number of nitrogens with zero attached hydrogens (tertiary/aromatic N) is 4. The van der Waals surface area contributed by atoms with Crippen molar-refractivity contribution in [3.8, 4) is 17.2 Å². The number of rotatable bonds is 6. The smallest absolute Gasteiger partial charge is 0.124 e. The Bertz CT molecular complexity index is 1210. The van der Waals surface area contributed by atoms with Crippen molar-refractivity contribution in [1.82, 2.24) is 10.3 Å². The molecule has 3 heterocycles. The maximum absolute atomic E-state index is 14.4. The van der Waals surface area contributed by atoms with Gasteiger partial charge in [-0.25, -0.2) is 4.39 Å². The first-order chi connectivity index (χ1) is 17.0. The van der Waals surface area contributed by atoms with Crippen molar-refractivity contribution >= 4 is 18.5 Å². The third-order valence-electron chi connectivity index (χ3n) is 6.28. The van der Waals surface area contributed by atoms with E-state index in [0.29, 0.717) is 18.2 Å². The van der Waals surface area contributed by atoms with Crippen LogP contribution in [0.15, 0.2) is 65.1 Å². The number of fused-ring (bicyclic) bond motifs is 1. The number of anilines is 1. The van der Waals surface area contributed by atoms with E-state index < -0.39 is 0 Å². The topological polar surface area (TPSA) is 73.5 Å². The largest absolute Gasteiger partial charge is 0.373 e. The van der Waals surface area contributed by atoms with Crippen LogP contribution in [0, 0.1) is 24.1 Å². The molecule has 2 aliphatic heterocycles. The highest BCUT2D eigenvalue weighted by molar-refractivity contribution is 5.85. The van der Waals surface area contributed by atoms with E-state index in [0.717, 1.165) is 59.6 Å². The molecule has 1 N–H and O–H groups in total. The molecular weight excluding hydrogens is 441 g/mol. The van der Waals surface area contributed by atoms with Gasteiger partial charge < -0.3 is 15.0 Å². The molecule has 2 aliphatic rings. The molecule has 4 rings (SSSR count). The van der Waals surface area contributed by atoms with E-state index in [1.54, 1.807) is 12.1 Å². The minimum absolute atomic E-state index is 0.0981. The fraction of sp³-hybridized carbons (Fsp3) is 0.321. The Morgan fingerprint density at radius 2 is 2.23 bits per heavy atom. The highest BCUT2D eigenvalue weighted by Crippen LogP contribution is 2.37. The molecule has 6 nitrogen and oxygen atoms in total. The Balaban J connectivity index is 1.76. The highest BCUT2D eigenvalue weighted by atomic mass is 19.1. The zero-order valence-electron chi connectivity index (χ0n) is 20.2. The maximum Gasteiger partial charge on any atom is 0.124 e. The van der Waals surface area contributed by atoms with Crippen molar-refractivity contribution in [2.24, 2.45) is 4.99 Å². The number of aryl methyl sites for hydroxylation is 1. The second-order valence-corrected chi connectivity index (χ2v) is 8.95. The number of pyridine rings is 1. The van der Waals surface area contributed by atoms with Gasteiger partial charge in [0.05, 0.1) is 24.0 Å². The number of nitrogens with one attached hydrogen (secondary N) is 1. The van der Waals surface area contributed by atoms with Gasteiger partial charge in [0.1, 0.15) is 11.9 Å². The molecule has 2 atom stereocenters. The van der Waals surface area contributed by atoms with Gasteiger partial charge >= 0.3 is 0 Å². The van der Waals surface area contributed by atoms with Crippen LogP contribution >= 0.6 is 0 Å². The van der Waals surface area contributed by atoms with Gasteiger partial charge in [0.2, 0.25) is 0 Å². The molecule has 2 fully saturated rings. The van der Waals surface area contributed by atoms with Gasteiger partial charge in [-0.05, 0) is 61.9 Å². The molecule has 0 radical (unpaired) electrons. The molecule has 7 heteroatoms. The van der Waals surface area contributed by atoms with E-state index in [-0.39, 0.29) is 11.9 Å². The van der Waals surface area contributed by atoms with Crippen molar-refractivity contribution in [2.75, 3.05) is 31.1 Å². The predicted molar refractivity (Wildman–Crippen MR) is 139 cm³/mol. The molecule has 0 saturated carbocycles. The standard InChI is InChI=1S/C28H30FN5O/c1-19(10-21(14-30)15-31-3)4-5-22-16-32-17-25(23-11-20(2)12-24(29)13-23)28(22)34-8-6-26-27(18-34)35-9-7-33-26/h4-5,10-13,15-17,26-27,33H,3,6-9,18H2,1-2H3/b5-4+,19-10+,21-15+/t26-,27-/m0/s1. The second-order valence-electron chi connectivity index (χ2n) is 8.95. The number of morpholine rings is 1. The van der Waals surface area contributed by atoms with E-state index >= 15 is 0 Å². The van der Waals surface area contributed by atoms with Gasteiger partial charge in [0, 0.05) is 55.4 Å². The summed E-state index contributed by atoms with van der Waals surface area (Å²) in [7, 11) is 0. The SMILES string of the molecule is C=N\C=C(C#N)/C=C(C)/C=C/c1cncc(-c2cc(C)cc(F)c2)c1N1CC[C@@H]2NCCO[C@H]2C1. The molecule has 0 unspecified atom stereocenters. The number of allylic oxidation sites excluding steroid dienone is 4. The highest BCUT2D eigenvalue weighted by Gasteiger charge is 2.33. The van der Waals surface area contributed by atoms with Gasteiger partial charge in [-0.15, -0.1) is 0 Å². The van der Waals surface area contributed by atoms with E-state index in [9.17, 15) is 9.65 Å². The summed E-state index contributed by atoms with van der Waals surface area (Å²) in [4.78, 5) is 10.5. The first-order valence-corrected chi connectivity index (χ1v) is 11.8. The molecular formula is C28H30FN5O. The second kappa shape index (κ2) is 11.2. The Labute approximate surface area is 206 Å². The summed E-state index contributed by atoms with van der Waals surface area (Å²) in [5.74, 6) is -0.268.